The Morgan fingerprint density at radius 2 is 2.14 bits per heavy atom. The summed E-state index contributed by atoms with van der Waals surface area (Å²) in [6.07, 6.45) is 0. The highest BCUT2D eigenvalue weighted by Crippen LogP contribution is 2.13. The number of amides is 1. The maximum Gasteiger partial charge on any atom is 0.294 e. The normalized spacial score (nSPS) is 16.9. The van der Waals surface area contributed by atoms with Crippen molar-refractivity contribution >= 4 is 21.7 Å². The van der Waals surface area contributed by atoms with Gasteiger partial charge in [-0.3, -0.25) is 9.35 Å². The minimum Gasteiger partial charge on any atom is -0.326 e. The van der Waals surface area contributed by atoms with Crippen LogP contribution in [0.4, 0.5) is 5.69 Å². The molecule has 1 rings (SSSR count). The first kappa shape index (κ1) is 4.90. The molecule has 0 aliphatic rings. The van der Waals surface area contributed by atoms with Crippen molar-refractivity contribution < 1.29 is 24.7 Å². The van der Waals surface area contributed by atoms with Gasteiger partial charge in [0.1, 0.15) is 0 Å². The summed E-state index contributed by atoms with van der Waals surface area (Å²) < 4.78 is 70.2. The fourth-order valence-electron chi connectivity index (χ4n) is 0.633. The summed E-state index contributed by atoms with van der Waals surface area (Å²) in [6.45, 7) is 0.969. The molecule has 1 amide bonds. The molecule has 0 heterocycles. The van der Waals surface area contributed by atoms with Crippen molar-refractivity contribution in [2.45, 2.75) is 11.8 Å². The molecule has 0 unspecified atom stereocenters. The van der Waals surface area contributed by atoms with Crippen LogP contribution < -0.4 is 5.31 Å². The minimum atomic E-state index is -4.78. The summed E-state index contributed by atoms with van der Waals surface area (Å²) in [5.41, 5.74) is -0.684. The molecule has 0 aliphatic carbocycles. The molecule has 5 nitrogen and oxygen atoms in total. The summed E-state index contributed by atoms with van der Waals surface area (Å²) in [4.78, 5) is 9.96. The van der Waals surface area contributed by atoms with E-state index in [1.807, 2.05) is 0 Å². The Kier molecular flexibility index (Phi) is 1.32. The molecule has 2 N–H and O–H groups in total. The van der Waals surface area contributed by atoms with Gasteiger partial charge in [-0.2, -0.15) is 8.42 Å². The van der Waals surface area contributed by atoms with Crippen LogP contribution in [0.3, 0.4) is 0 Å². The lowest BCUT2D eigenvalue weighted by Gasteiger charge is -2.01. The smallest absolute Gasteiger partial charge is 0.294 e. The van der Waals surface area contributed by atoms with Crippen molar-refractivity contribution in [2.75, 3.05) is 5.31 Å². The molecule has 0 fully saturated rings. The lowest BCUT2D eigenvalue weighted by molar-refractivity contribution is -0.114. The summed E-state index contributed by atoms with van der Waals surface area (Å²) in [5.74, 6) is -0.877. The van der Waals surface area contributed by atoms with E-state index >= 15 is 0 Å². The molecule has 0 aromatic heterocycles. The summed E-state index contributed by atoms with van der Waals surface area (Å²) in [5, 5.41) is 0.124. The van der Waals surface area contributed by atoms with Gasteiger partial charge >= 0.3 is 0 Å². The molecule has 0 saturated carbocycles. The molecule has 1 aromatic carbocycles. The van der Waals surface area contributed by atoms with Crippen molar-refractivity contribution in [3.8, 4) is 0 Å². The van der Waals surface area contributed by atoms with Crippen LogP contribution in [0.15, 0.2) is 29.1 Å². The van der Waals surface area contributed by atoms with Crippen LogP contribution in [-0.2, 0) is 14.9 Å². The number of anilines is 1. The molecule has 0 atom stereocenters. The Bertz CT molecular complexity index is 647. The second kappa shape index (κ2) is 3.77. The summed E-state index contributed by atoms with van der Waals surface area (Å²) in [6, 6.07) is -3.84. The van der Waals surface area contributed by atoms with Crippen LogP contribution >= 0.6 is 0 Å². The van der Waals surface area contributed by atoms with Gasteiger partial charge in [0.25, 0.3) is 10.1 Å². The zero-order valence-electron chi connectivity index (χ0n) is 13.0. The van der Waals surface area contributed by atoms with E-state index in [-0.39, 0.29) is 5.31 Å². The molecule has 6 heteroatoms. The average Bonchev–Trinajstić information content (AvgIpc) is 2.36. The number of carbonyl (C=O) groups is 1. The van der Waals surface area contributed by atoms with Gasteiger partial charge in [0, 0.05) is 12.6 Å². The van der Waals surface area contributed by atoms with E-state index in [1.165, 1.54) is 0 Å². The van der Waals surface area contributed by atoms with E-state index in [0.717, 1.165) is 6.92 Å². The van der Waals surface area contributed by atoms with Crippen molar-refractivity contribution in [2.24, 2.45) is 0 Å². The van der Waals surface area contributed by atoms with Crippen molar-refractivity contribution in [3.63, 3.8) is 0 Å². The molecule has 0 bridgehead atoms. The van der Waals surface area contributed by atoms with Crippen molar-refractivity contribution in [3.05, 3.63) is 24.2 Å². The number of nitrogens with one attached hydrogen (secondary N) is 1. The van der Waals surface area contributed by atoms with E-state index in [2.05, 4.69) is 4.56 Å². The van der Waals surface area contributed by atoms with Crippen LogP contribution in [0.25, 0.3) is 1.43 Å². The standard InChI is InChI=1S/C8H9NO4S/c1-6(10)9-7-2-4-8(5-3-7)14(11,12)13/h2-5H,1H3,(H,9,10)(H,11,12,13)/i2D,3D,4D,5D/hD2. The third-order valence-corrected chi connectivity index (χ3v) is 1.81. The number of carbonyl (C=O) groups excluding carboxylic acids is 1. The summed E-state index contributed by atoms with van der Waals surface area (Å²) >= 11 is 0. The van der Waals surface area contributed by atoms with Gasteiger partial charge in [-0.15, -0.1) is 0 Å². The molecule has 0 spiro atoms. The minimum absolute atomic E-state index is 0.124. The molecule has 14 heavy (non-hydrogen) atoms. The highest BCUT2D eigenvalue weighted by atomic mass is 32.2. The Balaban J connectivity index is 3.80. The molecular formula is C8H9NO4S. The van der Waals surface area contributed by atoms with Gasteiger partial charge < -0.3 is 5.31 Å². The molecule has 0 aliphatic heterocycles. The predicted octanol–water partition coefficient (Wildman–Crippen LogP) is 0.892. The van der Waals surface area contributed by atoms with E-state index in [0.29, 0.717) is 0 Å². The highest BCUT2D eigenvalue weighted by molar-refractivity contribution is 7.85. The number of benzene rings is 1. The van der Waals surface area contributed by atoms with E-state index in [9.17, 15) is 13.2 Å². The molecule has 0 saturated heterocycles. The Labute approximate surface area is 90.1 Å². The predicted molar refractivity (Wildman–Crippen MR) is 50.6 cm³/mol. The van der Waals surface area contributed by atoms with E-state index in [4.69, 9.17) is 8.33 Å². The topological polar surface area (TPSA) is 83.5 Å². The maximum atomic E-state index is 11.4. The second-order valence-electron chi connectivity index (χ2n) is 2.26. The van der Waals surface area contributed by atoms with E-state index in [1.54, 1.807) is 0 Å². The van der Waals surface area contributed by atoms with Gasteiger partial charge in [0.05, 0.1) is 10.4 Å². The SMILES string of the molecule is [2H]OS(=O)(=O)c1c([2H])c([2H])c(N([2H])C(C)=O)c([2H])c1[2H]. The zero-order valence-corrected chi connectivity index (χ0v) is 7.80. The number of hydrogen-bond donors (Lipinski definition) is 2. The maximum absolute atomic E-state index is 11.4. The first-order valence-electron chi connectivity index (χ1n) is 6.21. The van der Waals surface area contributed by atoms with E-state index < -0.39 is 50.8 Å². The summed E-state index contributed by atoms with van der Waals surface area (Å²) in [7, 11) is -4.78. The number of hydrogen-bond acceptors (Lipinski definition) is 4. The third kappa shape index (κ3) is 2.82. The monoisotopic (exact) mass is 221 g/mol. The molecule has 0 radical (unpaired) electrons. The largest absolute Gasteiger partial charge is 0.326 e. The van der Waals surface area contributed by atoms with Gasteiger partial charge in [0.2, 0.25) is 7.34 Å². The van der Waals surface area contributed by atoms with Crippen LogP contribution in [0, 0.1) is 0 Å². The third-order valence-electron chi connectivity index (χ3n) is 1.11. The number of rotatable bonds is 3. The quantitative estimate of drug-likeness (QED) is 0.742. The zero-order chi connectivity index (χ0) is 15.8. The first-order valence-corrected chi connectivity index (χ1v) is 4.76. The molecule has 76 valence electrons. The van der Waals surface area contributed by atoms with Crippen molar-refractivity contribution in [1.29, 1.82) is 1.43 Å². The lowest BCUT2D eigenvalue weighted by atomic mass is 10.3. The fraction of sp³-hybridized carbons (Fsp3) is 0.125. The van der Waals surface area contributed by atoms with Gasteiger partial charge in [-0.25, -0.2) is 0 Å². The highest BCUT2D eigenvalue weighted by Gasteiger charge is 2.08. The van der Waals surface area contributed by atoms with Crippen LogP contribution in [-0.4, -0.2) is 18.9 Å². The Hall–Kier alpha value is -1.40. The lowest BCUT2D eigenvalue weighted by Crippen LogP contribution is -2.06. The first-order chi connectivity index (χ1) is 9.06. The van der Waals surface area contributed by atoms with Gasteiger partial charge in [0.15, 0.2) is 1.41 Å². The van der Waals surface area contributed by atoms with Gasteiger partial charge in [-0.1, -0.05) is 0 Å². The van der Waals surface area contributed by atoms with Crippen LogP contribution in [0.1, 0.15) is 12.4 Å². The van der Waals surface area contributed by atoms with Crippen LogP contribution in [0.5, 0.6) is 0 Å². The fourth-order valence-corrected chi connectivity index (χ4v) is 0.985. The molecular weight excluding hydrogens is 206 g/mol. The average molecular weight is 221 g/mol. The van der Waals surface area contributed by atoms with Crippen molar-refractivity contribution in [1.82, 2.24) is 0 Å². The van der Waals surface area contributed by atoms with Crippen LogP contribution in [0.2, 0.25) is 1.41 Å². The Morgan fingerprint density at radius 3 is 2.57 bits per heavy atom. The Morgan fingerprint density at radius 1 is 1.57 bits per heavy atom. The van der Waals surface area contributed by atoms with Gasteiger partial charge in [-0.05, 0) is 24.2 Å². The second-order valence-corrected chi connectivity index (χ2v) is 3.58. The molecule has 1 aromatic rings.